The van der Waals surface area contributed by atoms with Gasteiger partial charge in [-0.05, 0) is 29.8 Å². The van der Waals surface area contributed by atoms with Gasteiger partial charge in [0.25, 0.3) is 0 Å². The molecule has 27 heavy (non-hydrogen) atoms. The standard InChI is InChI=1S/C23H24N2O2/c1-2-23(26)25-12-10-20(11-13-25)27-21-8-5-7-17(15-21)19-14-18-6-3-4-9-22(18)24-16-19/h3-9,14-16,20H,2,10-13H2,1H3. The molecule has 1 fully saturated rings. The van der Waals surface area contributed by atoms with Crippen molar-refractivity contribution in [3.63, 3.8) is 0 Å². The molecular formula is C23H24N2O2. The number of benzene rings is 2. The zero-order valence-electron chi connectivity index (χ0n) is 15.6. The van der Waals surface area contributed by atoms with E-state index >= 15 is 0 Å². The molecule has 4 heteroatoms. The number of rotatable bonds is 4. The summed E-state index contributed by atoms with van der Waals surface area (Å²) >= 11 is 0. The Morgan fingerprint density at radius 2 is 1.89 bits per heavy atom. The number of likely N-dealkylation sites (tertiary alicyclic amines) is 1. The van der Waals surface area contributed by atoms with E-state index < -0.39 is 0 Å². The molecule has 0 saturated carbocycles. The lowest BCUT2D eigenvalue weighted by molar-refractivity contribution is -0.132. The van der Waals surface area contributed by atoms with Gasteiger partial charge >= 0.3 is 0 Å². The van der Waals surface area contributed by atoms with Crippen molar-refractivity contribution in [1.29, 1.82) is 0 Å². The normalized spacial score (nSPS) is 15.1. The molecule has 1 amide bonds. The van der Waals surface area contributed by atoms with Crippen molar-refractivity contribution in [2.75, 3.05) is 13.1 Å². The number of carbonyl (C=O) groups is 1. The minimum absolute atomic E-state index is 0.163. The van der Waals surface area contributed by atoms with Gasteiger partial charge in [-0.25, -0.2) is 0 Å². The van der Waals surface area contributed by atoms with Gasteiger partial charge in [0.2, 0.25) is 5.91 Å². The molecule has 0 bridgehead atoms. The van der Waals surface area contributed by atoms with Crippen molar-refractivity contribution in [2.45, 2.75) is 32.3 Å². The summed E-state index contributed by atoms with van der Waals surface area (Å²) in [5.74, 6) is 1.11. The number of carbonyl (C=O) groups excluding carboxylic acids is 1. The Labute approximate surface area is 159 Å². The highest BCUT2D eigenvalue weighted by Gasteiger charge is 2.23. The van der Waals surface area contributed by atoms with Gasteiger partial charge in [0, 0.05) is 49.5 Å². The number of ether oxygens (including phenoxy) is 1. The fourth-order valence-corrected chi connectivity index (χ4v) is 3.62. The van der Waals surface area contributed by atoms with Crippen LogP contribution in [0.3, 0.4) is 0 Å². The van der Waals surface area contributed by atoms with Crippen LogP contribution >= 0.6 is 0 Å². The number of amides is 1. The first kappa shape index (κ1) is 17.5. The third kappa shape index (κ3) is 3.95. The van der Waals surface area contributed by atoms with Crippen molar-refractivity contribution >= 4 is 16.8 Å². The smallest absolute Gasteiger partial charge is 0.222 e. The SMILES string of the molecule is CCC(=O)N1CCC(Oc2cccc(-c3cnc4ccccc4c3)c2)CC1. The van der Waals surface area contributed by atoms with E-state index in [-0.39, 0.29) is 12.0 Å². The fourth-order valence-electron chi connectivity index (χ4n) is 3.62. The van der Waals surface area contributed by atoms with Gasteiger partial charge in [0.15, 0.2) is 0 Å². The molecule has 0 aliphatic carbocycles. The Balaban J connectivity index is 1.47. The largest absolute Gasteiger partial charge is 0.490 e. The molecule has 3 aromatic rings. The molecule has 0 unspecified atom stereocenters. The third-order valence-corrected chi connectivity index (χ3v) is 5.16. The van der Waals surface area contributed by atoms with E-state index in [4.69, 9.17) is 4.74 Å². The number of nitrogens with zero attached hydrogens (tertiary/aromatic N) is 2. The highest BCUT2D eigenvalue weighted by Crippen LogP contribution is 2.27. The molecule has 138 valence electrons. The number of hydrogen-bond acceptors (Lipinski definition) is 3. The summed E-state index contributed by atoms with van der Waals surface area (Å²) in [6.45, 7) is 3.48. The van der Waals surface area contributed by atoms with Crippen LogP contribution in [0.15, 0.2) is 60.8 Å². The van der Waals surface area contributed by atoms with E-state index in [1.165, 1.54) is 0 Å². The van der Waals surface area contributed by atoms with Gasteiger partial charge < -0.3 is 9.64 Å². The molecule has 4 nitrogen and oxygen atoms in total. The average Bonchev–Trinajstić information content (AvgIpc) is 2.73. The zero-order chi connectivity index (χ0) is 18.6. The molecule has 1 aliphatic heterocycles. The summed E-state index contributed by atoms with van der Waals surface area (Å²) in [5.41, 5.74) is 3.19. The number of hydrogen-bond donors (Lipinski definition) is 0. The van der Waals surface area contributed by atoms with Crippen LogP contribution in [0.5, 0.6) is 5.75 Å². The molecule has 0 radical (unpaired) electrons. The quantitative estimate of drug-likeness (QED) is 0.678. The van der Waals surface area contributed by atoms with Crippen LogP contribution in [0.2, 0.25) is 0 Å². The van der Waals surface area contributed by atoms with E-state index in [0.29, 0.717) is 6.42 Å². The number of aromatic nitrogens is 1. The predicted octanol–water partition coefficient (Wildman–Crippen LogP) is 4.68. The second-order valence-corrected chi connectivity index (χ2v) is 7.00. The van der Waals surface area contributed by atoms with Crippen LogP contribution in [0, 0.1) is 0 Å². The van der Waals surface area contributed by atoms with Gasteiger partial charge in [-0.2, -0.15) is 0 Å². The van der Waals surface area contributed by atoms with E-state index in [2.05, 4.69) is 29.2 Å². The minimum atomic E-state index is 0.163. The topological polar surface area (TPSA) is 42.4 Å². The molecule has 4 rings (SSSR count). The van der Waals surface area contributed by atoms with Crippen LogP contribution in [0.25, 0.3) is 22.0 Å². The Hall–Kier alpha value is -2.88. The molecule has 2 aromatic carbocycles. The molecule has 0 spiro atoms. The van der Waals surface area contributed by atoms with Gasteiger partial charge in [-0.1, -0.05) is 37.3 Å². The summed E-state index contributed by atoms with van der Waals surface area (Å²) in [4.78, 5) is 18.3. The van der Waals surface area contributed by atoms with Crippen LogP contribution < -0.4 is 4.74 Å². The Bertz CT molecular complexity index is 946. The Morgan fingerprint density at radius 1 is 1.07 bits per heavy atom. The van der Waals surface area contributed by atoms with E-state index in [1.807, 2.05) is 48.4 Å². The summed E-state index contributed by atoms with van der Waals surface area (Å²) < 4.78 is 6.21. The molecule has 2 heterocycles. The maximum absolute atomic E-state index is 11.8. The number of piperidine rings is 1. The van der Waals surface area contributed by atoms with E-state index in [1.54, 1.807) is 0 Å². The van der Waals surface area contributed by atoms with Gasteiger partial charge in [0.1, 0.15) is 11.9 Å². The Kier molecular flexibility index (Phi) is 5.05. The molecule has 0 N–H and O–H groups in total. The number of para-hydroxylation sites is 1. The van der Waals surface area contributed by atoms with Gasteiger partial charge in [-0.15, -0.1) is 0 Å². The summed E-state index contributed by atoms with van der Waals surface area (Å²) in [6.07, 6.45) is 4.42. The molecule has 1 saturated heterocycles. The minimum Gasteiger partial charge on any atom is -0.490 e. The second-order valence-electron chi connectivity index (χ2n) is 7.00. The van der Waals surface area contributed by atoms with Crippen molar-refractivity contribution in [3.8, 4) is 16.9 Å². The van der Waals surface area contributed by atoms with Gasteiger partial charge in [-0.3, -0.25) is 9.78 Å². The van der Waals surface area contributed by atoms with Crippen LogP contribution in [-0.2, 0) is 4.79 Å². The fraction of sp³-hybridized carbons (Fsp3) is 0.304. The summed E-state index contributed by atoms with van der Waals surface area (Å²) in [7, 11) is 0. The summed E-state index contributed by atoms with van der Waals surface area (Å²) in [5, 5.41) is 1.13. The first-order chi connectivity index (χ1) is 13.2. The maximum atomic E-state index is 11.8. The van der Waals surface area contributed by atoms with Crippen LogP contribution in [0.4, 0.5) is 0 Å². The van der Waals surface area contributed by atoms with Crippen LogP contribution in [-0.4, -0.2) is 35.0 Å². The molecular weight excluding hydrogens is 336 g/mol. The molecule has 1 aromatic heterocycles. The highest BCUT2D eigenvalue weighted by molar-refractivity contribution is 5.83. The lowest BCUT2D eigenvalue weighted by Gasteiger charge is -2.32. The first-order valence-electron chi connectivity index (χ1n) is 9.62. The number of pyridine rings is 1. The van der Waals surface area contributed by atoms with Gasteiger partial charge in [0.05, 0.1) is 5.52 Å². The van der Waals surface area contributed by atoms with Crippen molar-refractivity contribution < 1.29 is 9.53 Å². The highest BCUT2D eigenvalue weighted by atomic mass is 16.5. The number of fused-ring (bicyclic) bond motifs is 1. The molecule has 0 atom stereocenters. The van der Waals surface area contributed by atoms with E-state index in [0.717, 1.165) is 53.7 Å². The maximum Gasteiger partial charge on any atom is 0.222 e. The van der Waals surface area contributed by atoms with E-state index in [9.17, 15) is 4.79 Å². The monoisotopic (exact) mass is 360 g/mol. The zero-order valence-corrected chi connectivity index (χ0v) is 15.6. The average molecular weight is 360 g/mol. The lowest BCUT2D eigenvalue weighted by Crippen LogP contribution is -2.41. The van der Waals surface area contributed by atoms with Crippen molar-refractivity contribution in [2.24, 2.45) is 0 Å². The second kappa shape index (κ2) is 7.78. The Morgan fingerprint density at radius 3 is 2.70 bits per heavy atom. The van der Waals surface area contributed by atoms with Crippen molar-refractivity contribution in [1.82, 2.24) is 9.88 Å². The first-order valence-corrected chi connectivity index (χ1v) is 9.62. The van der Waals surface area contributed by atoms with Crippen molar-refractivity contribution in [3.05, 3.63) is 60.8 Å². The molecule has 1 aliphatic rings. The lowest BCUT2D eigenvalue weighted by atomic mass is 10.0. The summed E-state index contributed by atoms with van der Waals surface area (Å²) in [6, 6.07) is 18.5. The predicted molar refractivity (Wildman–Crippen MR) is 108 cm³/mol. The third-order valence-electron chi connectivity index (χ3n) is 5.16. The van der Waals surface area contributed by atoms with Crippen LogP contribution in [0.1, 0.15) is 26.2 Å².